The average Bonchev–Trinajstić information content (AvgIpc) is 2.95. The van der Waals surface area contributed by atoms with Crippen LogP contribution in [0.1, 0.15) is 32.3 Å². The lowest BCUT2D eigenvalue weighted by Gasteiger charge is -2.27. The van der Waals surface area contributed by atoms with E-state index >= 15 is 0 Å². The van der Waals surface area contributed by atoms with Crippen LogP contribution in [0.4, 0.5) is 0 Å². The molecule has 0 spiro atoms. The van der Waals surface area contributed by atoms with Gasteiger partial charge in [-0.2, -0.15) is 0 Å². The number of hydrogen-bond donors (Lipinski definition) is 1. The van der Waals surface area contributed by atoms with Crippen molar-refractivity contribution in [1.29, 1.82) is 0 Å². The van der Waals surface area contributed by atoms with Crippen molar-refractivity contribution in [3.05, 3.63) is 34.3 Å². The van der Waals surface area contributed by atoms with Gasteiger partial charge in [0.05, 0.1) is 19.1 Å². The highest BCUT2D eigenvalue weighted by Crippen LogP contribution is 2.29. The number of aliphatic hydroxyl groups excluding tert-OH is 1. The minimum atomic E-state index is -0.715. The van der Waals surface area contributed by atoms with E-state index in [2.05, 4.69) is 29.8 Å². The molecule has 4 nitrogen and oxygen atoms in total. The van der Waals surface area contributed by atoms with Crippen molar-refractivity contribution < 1.29 is 14.6 Å². The Morgan fingerprint density at radius 2 is 2.20 bits per heavy atom. The Hall–Kier alpha value is -0.470. The Balaban J connectivity index is 1.74. The number of benzene rings is 1. The van der Waals surface area contributed by atoms with Crippen LogP contribution >= 0.6 is 39.9 Å². The Morgan fingerprint density at radius 1 is 1.48 bits per heavy atom. The lowest BCUT2D eigenvalue weighted by Crippen LogP contribution is -2.42. The Kier molecular flexibility index (Phi) is 8.35. The van der Waals surface area contributed by atoms with E-state index in [9.17, 15) is 9.90 Å². The van der Waals surface area contributed by atoms with E-state index in [1.54, 1.807) is 16.7 Å². The Bertz CT molecular complexity index is 612. The monoisotopic (exact) mass is 445 g/mol. The Morgan fingerprint density at radius 3 is 2.88 bits per heavy atom. The molecular weight excluding hydrogens is 422 g/mol. The molecule has 0 saturated carbocycles. The highest BCUT2D eigenvalue weighted by Gasteiger charge is 2.36. The third kappa shape index (κ3) is 6.03. The fourth-order valence-corrected chi connectivity index (χ4v) is 4.70. The second-order valence-electron chi connectivity index (χ2n) is 6.44. The maximum atomic E-state index is 12.5. The van der Waals surface area contributed by atoms with E-state index in [0.29, 0.717) is 29.9 Å². The summed E-state index contributed by atoms with van der Waals surface area (Å²) in [6, 6.07) is 7.99. The molecule has 0 bridgehead atoms. The second-order valence-corrected chi connectivity index (χ2v) is 8.95. The topological polar surface area (TPSA) is 49.8 Å². The van der Waals surface area contributed by atoms with Crippen molar-refractivity contribution in [2.24, 2.45) is 5.92 Å². The van der Waals surface area contributed by atoms with Gasteiger partial charge in [0, 0.05) is 22.9 Å². The van der Waals surface area contributed by atoms with Gasteiger partial charge in [0.2, 0.25) is 5.91 Å². The summed E-state index contributed by atoms with van der Waals surface area (Å²) in [4.78, 5) is 14.2. The first-order chi connectivity index (χ1) is 11.9. The van der Waals surface area contributed by atoms with Crippen LogP contribution in [0.15, 0.2) is 28.7 Å². The number of hydrogen-bond acceptors (Lipinski definition) is 5. The molecule has 0 aliphatic carbocycles. The van der Waals surface area contributed by atoms with Crippen LogP contribution in [0.5, 0.6) is 0 Å². The zero-order chi connectivity index (χ0) is 18.4. The molecule has 1 amide bonds. The predicted molar refractivity (Wildman–Crippen MR) is 110 cm³/mol. The summed E-state index contributed by atoms with van der Waals surface area (Å²) in [5.41, 5.74) is 1.06. The summed E-state index contributed by atoms with van der Waals surface area (Å²) in [7, 11) is 0. The third-order valence-corrected chi connectivity index (χ3v) is 6.44. The van der Waals surface area contributed by atoms with Gasteiger partial charge < -0.3 is 9.84 Å². The van der Waals surface area contributed by atoms with E-state index < -0.39 is 6.10 Å². The number of carbonyl (C=O) groups is 1. The number of carbonyl (C=O) groups excluding carboxylic acids is 1. The van der Waals surface area contributed by atoms with Crippen LogP contribution in [0.3, 0.4) is 0 Å². The Labute approximate surface area is 167 Å². The van der Waals surface area contributed by atoms with E-state index in [-0.39, 0.29) is 18.4 Å². The van der Waals surface area contributed by atoms with Gasteiger partial charge in [-0.15, -0.1) is 0 Å². The molecule has 2 atom stereocenters. The third-order valence-electron chi connectivity index (χ3n) is 4.17. The highest BCUT2D eigenvalue weighted by molar-refractivity contribution is 9.10. The lowest BCUT2D eigenvalue weighted by atomic mass is 10.0. The molecule has 7 heteroatoms. The molecule has 1 saturated heterocycles. The number of amides is 1. The number of aliphatic hydroxyl groups is 1. The van der Waals surface area contributed by atoms with Gasteiger partial charge in [0.15, 0.2) is 0 Å². The van der Waals surface area contributed by atoms with Crippen LogP contribution in [-0.4, -0.2) is 44.7 Å². The normalized spacial score (nSPS) is 18.8. The molecular formula is C18H24BrNO3S2. The van der Waals surface area contributed by atoms with Crippen LogP contribution in [0.2, 0.25) is 0 Å². The molecule has 25 heavy (non-hydrogen) atoms. The quantitative estimate of drug-likeness (QED) is 0.484. The molecule has 1 aromatic carbocycles. The van der Waals surface area contributed by atoms with Crippen LogP contribution in [0.25, 0.3) is 0 Å². The van der Waals surface area contributed by atoms with Crippen molar-refractivity contribution >= 4 is 50.1 Å². The molecule has 1 N–H and O–H groups in total. The largest absolute Gasteiger partial charge is 0.393 e. The smallest absolute Gasteiger partial charge is 0.230 e. The van der Waals surface area contributed by atoms with Crippen molar-refractivity contribution in [3.8, 4) is 0 Å². The number of rotatable bonds is 8. The first-order valence-corrected chi connectivity index (χ1v) is 10.6. The van der Waals surface area contributed by atoms with Gasteiger partial charge in [0.1, 0.15) is 4.32 Å². The van der Waals surface area contributed by atoms with Crippen molar-refractivity contribution in [2.75, 3.05) is 12.4 Å². The SMILES string of the molecule is CC(C)[C@H]1CSC(=S)N1C(=O)C[C@@H](O)CCOCc1ccccc1Br. The first-order valence-electron chi connectivity index (χ1n) is 8.38. The summed E-state index contributed by atoms with van der Waals surface area (Å²) < 4.78 is 7.25. The number of halogens is 1. The number of thiocarbonyl (C=S) groups is 1. The molecule has 1 aromatic rings. The summed E-state index contributed by atoms with van der Waals surface area (Å²) in [5.74, 6) is 1.10. The van der Waals surface area contributed by atoms with Gasteiger partial charge in [-0.05, 0) is 24.0 Å². The van der Waals surface area contributed by atoms with Crippen molar-refractivity contribution in [1.82, 2.24) is 4.90 Å². The lowest BCUT2D eigenvalue weighted by molar-refractivity contribution is -0.131. The molecule has 2 rings (SSSR count). The molecule has 1 heterocycles. The standard InChI is InChI=1S/C18H24BrNO3S2/c1-12(2)16-11-25-18(24)20(16)17(22)9-14(21)7-8-23-10-13-5-3-4-6-15(13)19/h3-6,12,14,16,21H,7-11H2,1-2H3/t14-,16+/m0/s1. The van der Waals surface area contributed by atoms with E-state index in [0.717, 1.165) is 15.8 Å². The second kappa shape index (κ2) is 10.0. The maximum Gasteiger partial charge on any atom is 0.230 e. The van der Waals surface area contributed by atoms with Crippen LogP contribution < -0.4 is 0 Å². The van der Waals surface area contributed by atoms with Gasteiger partial charge >= 0.3 is 0 Å². The molecule has 0 radical (unpaired) electrons. The van der Waals surface area contributed by atoms with E-state index in [4.69, 9.17) is 17.0 Å². The first kappa shape index (κ1) is 20.8. The fourth-order valence-electron chi connectivity index (χ4n) is 2.63. The van der Waals surface area contributed by atoms with Gasteiger partial charge in [-0.1, -0.05) is 72.0 Å². The fraction of sp³-hybridized carbons (Fsp3) is 0.556. The van der Waals surface area contributed by atoms with Crippen LogP contribution in [-0.2, 0) is 16.1 Å². The summed E-state index contributed by atoms with van der Waals surface area (Å²) in [5, 5.41) is 10.2. The molecule has 1 fully saturated rings. The summed E-state index contributed by atoms with van der Waals surface area (Å²) >= 11 is 10.3. The molecule has 1 aliphatic heterocycles. The minimum absolute atomic E-state index is 0.0856. The summed E-state index contributed by atoms with van der Waals surface area (Å²) in [6.07, 6.45) is -0.202. The number of ether oxygens (including phenoxy) is 1. The zero-order valence-corrected chi connectivity index (χ0v) is 17.7. The van der Waals surface area contributed by atoms with E-state index in [1.165, 1.54) is 0 Å². The zero-order valence-electron chi connectivity index (χ0n) is 14.5. The maximum absolute atomic E-state index is 12.5. The predicted octanol–water partition coefficient (Wildman–Crippen LogP) is 3.99. The molecule has 0 aromatic heterocycles. The average molecular weight is 446 g/mol. The molecule has 1 aliphatic rings. The number of thioether (sulfide) groups is 1. The highest BCUT2D eigenvalue weighted by atomic mass is 79.9. The van der Waals surface area contributed by atoms with Gasteiger partial charge in [0.25, 0.3) is 0 Å². The number of nitrogens with zero attached hydrogens (tertiary/aromatic N) is 1. The van der Waals surface area contributed by atoms with Crippen LogP contribution in [0, 0.1) is 5.92 Å². The van der Waals surface area contributed by atoms with Crippen molar-refractivity contribution in [2.45, 2.75) is 45.4 Å². The van der Waals surface area contributed by atoms with Gasteiger partial charge in [-0.3, -0.25) is 9.69 Å². The minimum Gasteiger partial charge on any atom is -0.393 e. The summed E-state index contributed by atoms with van der Waals surface area (Å²) in [6.45, 7) is 5.06. The van der Waals surface area contributed by atoms with Crippen molar-refractivity contribution in [3.63, 3.8) is 0 Å². The van der Waals surface area contributed by atoms with Gasteiger partial charge in [-0.25, -0.2) is 0 Å². The molecule has 0 unspecified atom stereocenters. The molecule has 138 valence electrons. The van der Waals surface area contributed by atoms with E-state index in [1.807, 2.05) is 24.3 Å².